The summed E-state index contributed by atoms with van der Waals surface area (Å²) in [6.45, 7) is 30.0. The van der Waals surface area contributed by atoms with Gasteiger partial charge in [0.25, 0.3) is 0 Å². The van der Waals surface area contributed by atoms with Gasteiger partial charge < -0.3 is 4.90 Å². The van der Waals surface area contributed by atoms with Crippen LogP contribution in [0.15, 0.2) is 61.7 Å². The Morgan fingerprint density at radius 2 is 1.02 bits per heavy atom. The second kappa shape index (κ2) is 24.7. The first-order valence-corrected chi connectivity index (χ1v) is 16.5. The summed E-state index contributed by atoms with van der Waals surface area (Å²) in [4.78, 5) is 2.69. The molecule has 0 saturated carbocycles. The summed E-state index contributed by atoms with van der Waals surface area (Å²) < 4.78 is 0. The van der Waals surface area contributed by atoms with Gasteiger partial charge in [0.1, 0.15) is 0 Å². The molecule has 1 atom stereocenters. The van der Waals surface area contributed by atoms with E-state index in [9.17, 15) is 0 Å². The minimum atomic E-state index is 0.897. The van der Waals surface area contributed by atoms with E-state index in [-0.39, 0.29) is 0 Å². The van der Waals surface area contributed by atoms with E-state index in [0.717, 1.165) is 28.2 Å². The van der Waals surface area contributed by atoms with Gasteiger partial charge in [-0.1, -0.05) is 166 Å². The van der Waals surface area contributed by atoms with Gasteiger partial charge in [-0.3, -0.25) is 0 Å². The number of unbranched alkanes of at least 4 members (excludes halogenated alkanes) is 6. The average molecular weight is 548 g/mol. The van der Waals surface area contributed by atoms with Gasteiger partial charge in [-0.2, -0.15) is 0 Å². The molecule has 0 fully saturated rings. The van der Waals surface area contributed by atoms with Gasteiger partial charge in [-0.25, -0.2) is 0 Å². The summed E-state index contributed by atoms with van der Waals surface area (Å²) in [5, 5.41) is 0. The number of nitrogens with zero attached hydrogens (tertiary/aromatic N) is 1. The molecule has 0 saturated heterocycles. The molecule has 1 nitrogen and oxygen atoms in total. The molecule has 40 heavy (non-hydrogen) atoms. The van der Waals surface area contributed by atoms with Gasteiger partial charge in [-0.15, -0.1) is 0 Å². The van der Waals surface area contributed by atoms with Crippen LogP contribution in [-0.4, -0.2) is 24.5 Å². The maximum atomic E-state index is 4.15. The Labute approximate surface area is 251 Å². The average Bonchev–Trinajstić information content (AvgIpc) is 2.96. The zero-order valence-corrected chi connectivity index (χ0v) is 28.0. The van der Waals surface area contributed by atoms with Crippen molar-refractivity contribution < 1.29 is 0 Å². The molecule has 2 aromatic carbocycles. The molecule has 0 bridgehead atoms. The molecule has 0 heterocycles. The van der Waals surface area contributed by atoms with Crippen molar-refractivity contribution in [3.63, 3.8) is 0 Å². The number of allylic oxidation sites excluding steroid dienone is 2. The zero-order valence-electron chi connectivity index (χ0n) is 28.0. The molecule has 0 N–H and O–H groups in total. The molecule has 0 aliphatic carbocycles. The van der Waals surface area contributed by atoms with Crippen molar-refractivity contribution >= 4 is 11.1 Å². The molecule has 2 rings (SSSR count). The van der Waals surface area contributed by atoms with E-state index >= 15 is 0 Å². The van der Waals surface area contributed by atoms with Crippen molar-refractivity contribution in [2.24, 2.45) is 5.92 Å². The molecule has 0 aromatic heterocycles. The number of aryl methyl sites for hydroxylation is 2. The highest BCUT2D eigenvalue weighted by molar-refractivity contribution is 6.02. The Bertz CT molecular complexity index is 819. The summed E-state index contributed by atoms with van der Waals surface area (Å²) in [5.74, 6) is 0.897. The minimum absolute atomic E-state index is 0.897. The lowest BCUT2D eigenvalue weighted by Crippen LogP contribution is -2.28. The molecule has 0 aliphatic rings. The van der Waals surface area contributed by atoms with Crippen LogP contribution in [0.5, 0.6) is 0 Å². The molecule has 1 unspecified atom stereocenters. The fourth-order valence-electron chi connectivity index (χ4n) is 4.41. The van der Waals surface area contributed by atoms with E-state index in [1.54, 1.807) is 0 Å². The SMILES string of the molecule is C=C(C(=C)c1ccc(C)cc1)c1ccc(C)cc1.CCC.CCCCCCCCCN(CCC)CCC(C)CC. The second-order valence-corrected chi connectivity index (χ2v) is 11.7. The van der Waals surface area contributed by atoms with Gasteiger partial charge in [0.15, 0.2) is 0 Å². The van der Waals surface area contributed by atoms with Gasteiger partial charge >= 0.3 is 0 Å². The Kier molecular flexibility index (Phi) is 23.4. The fraction of sp³-hybridized carbons (Fsp3) is 0.590. The molecule has 0 amide bonds. The fourth-order valence-corrected chi connectivity index (χ4v) is 4.41. The van der Waals surface area contributed by atoms with Crippen LogP contribution in [0.4, 0.5) is 0 Å². The standard InChI is InChI=1S/C18H39N.C18H18.C3H8/c1-5-8-9-10-11-12-13-16-19(15-6-2)17-14-18(4)7-3;1-13-5-9-17(10-6-13)15(3)16(4)18-11-7-14(2)8-12-18;1-3-2/h18H,5-17H2,1-4H3;5-12H,3-4H2,1-2H3;3H2,1-2H3. The third-order valence-corrected chi connectivity index (χ3v) is 7.42. The highest BCUT2D eigenvalue weighted by atomic mass is 15.1. The number of rotatable bonds is 17. The molecule has 0 spiro atoms. The van der Waals surface area contributed by atoms with Crippen LogP contribution in [0.1, 0.15) is 134 Å². The molecule has 226 valence electrons. The Hall–Kier alpha value is -2.12. The lowest BCUT2D eigenvalue weighted by Gasteiger charge is -2.23. The first kappa shape index (κ1) is 37.9. The van der Waals surface area contributed by atoms with E-state index in [1.165, 1.54) is 101 Å². The summed E-state index contributed by atoms with van der Waals surface area (Å²) >= 11 is 0. The quantitative estimate of drug-likeness (QED) is 0.141. The summed E-state index contributed by atoms with van der Waals surface area (Å²) in [6.07, 6.45) is 15.3. The normalized spacial score (nSPS) is 11.2. The first-order chi connectivity index (χ1) is 19.2. The first-order valence-electron chi connectivity index (χ1n) is 16.5. The van der Waals surface area contributed by atoms with Crippen molar-refractivity contribution in [3.8, 4) is 0 Å². The van der Waals surface area contributed by atoms with Gasteiger partial charge in [0, 0.05) is 0 Å². The van der Waals surface area contributed by atoms with Crippen LogP contribution in [0.3, 0.4) is 0 Å². The van der Waals surface area contributed by atoms with Crippen LogP contribution >= 0.6 is 0 Å². The zero-order chi connectivity index (χ0) is 30.2. The second-order valence-electron chi connectivity index (χ2n) is 11.7. The predicted molar refractivity (Wildman–Crippen MR) is 185 cm³/mol. The van der Waals surface area contributed by atoms with E-state index in [1.807, 2.05) is 0 Å². The number of hydrogen-bond acceptors (Lipinski definition) is 1. The highest BCUT2D eigenvalue weighted by Gasteiger charge is 2.07. The lowest BCUT2D eigenvalue weighted by atomic mass is 9.94. The molecular weight excluding hydrogens is 482 g/mol. The highest BCUT2D eigenvalue weighted by Crippen LogP contribution is 2.28. The Balaban J connectivity index is 0.000000692. The van der Waals surface area contributed by atoms with Crippen molar-refractivity contribution in [2.75, 3.05) is 19.6 Å². The molecule has 0 radical (unpaired) electrons. The summed E-state index contributed by atoms with van der Waals surface area (Å²) in [6, 6.07) is 16.8. The van der Waals surface area contributed by atoms with Crippen molar-refractivity contribution in [1.82, 2.24) is 4.90 Å². The van der Waals surface area contributed by atoms with Crippen molar-refractivity contribution in [2.45, 2.75) is 126 Å². The maximum absolute atomic E-state index is 4.15. The van der Waals surface area contributed by atoms with Gasteiger partial charge in [-0.05, 0) is 80.9 Å². The molecule has 0 aliphatic heterocycles. The smallest absolute Gasteiger partial charge is 0.00162 e. The number of benzene rings is 2. The van der Waals surface area contributed by atoms with Crippen LogP contribution in [0, 0.1) is 19.8 Å². The summed E-state index contributed by atoms with van der Waals surface area (Å²) in [7, 11) is 0. The third-order valence-electron chi connectivity index (χ3n) is 7.42. The van der Waals surface area contributed by atoms with Gasteiger partial charge in [0.05, 0.1) is 0 Å². The Morgan fingerprint density at radius 1 is 0.600 bits per heavy atom. The van der Waals surface area contributed by atoms with E-state index in [0.29, 0.717) is 0 Å². The number of hydrogen-bond donors (Lipinski definition) is 0. The third kappa shape index (κ3) is 18.3. The Morgan fingerprint density at radius 3 is 1.43 bits per heavy atom. The topological polar surface area (TPSA) is 3.24 Å². The lowest BCUT2D eigenvalue weighted by molar-refractivity contribution is 0.247. The van der Waals surface area contributed by atoms with Crippen LogP contribution in [-0.2, 0) is 0 Å². The summed E-state index contributed by atoms with van der Waals surface area (Å²) in [5.41, 5.74) is 6.75. The molecular formula is C39H65N. The largest absolute Gasteiger partial charge is 0.303 e. The van der Waals surface area contributed by atoms with Crippen LogP contribution in [0.25, 0.3) is 11.1 Å². The minimum Gasteiger partial charge on any atom is -0.303 e. The van der Waals surface area contributed by atoms with Crippen LogP contribution in [0.2, 0.25) is 0 Å². The van der Waals surface area contributed by atoms with E-state index < -0.39 is 0 Å². The molecule has 1 heteroatoms. The van der Waals surface area contributed by atoms with E-state index in [4.69, 9.17) is 0 Å². The maximum Gasteiger partial charge on any atom is -0.00162 e. The van der Waals surface area contributed by atoms with Crippen LogP contribution < -0.4 is 0 Å². The van der Waals surface area contributed by atoms with Crippen molar-refractivity contribution in [1.29, 1.82) is 0 Å². The van der Waals surface area contributed by atoms with Crippen molar-refractivity contribution in [3.05, 3.63) is 83.9 Å². The predicted octanol–water partition coefficient (Wildman–Crippen LogP) is 12.3. The van der Waals surface area contributed by atoms with Gasteiger partial charge in [0.2, 0.25) is 0 Å². The van der Waals surface area contributed by atoms with E-state index in [2.05, 4.69) is 122 Å². The molecule has 2 aromatic rings. The monoisotopic (exact) mass is 548 g/mol.